The molecule has 220 valence electrons. The molecule has 1 atom stereocenters. The predicted octanol–water partition coefficient (Wildman–Crippen LogP) is 4.79. The number of piperidine rings is 2. The van der Waals surface area contributed by atoms with Crippen molar-refractivity contribution in [2.45, 2.75) is 64.0 Å². The lowest BCUT2D eigenvalue weighted by atomic mass is 9.89. The third kappa shape index (κ3) is 7.57. The van der Waals surface area contributed by atoms with Gasteiger partial charge in [-0.15, -0.1) is 0 Å². The summed E-state index contributed by atoms with van der Waals surface area (Å²) >= 11 is 0. The number of likely N-dealkylation sites (tertiary alicyclic amines) is 1. The molecule has 0 radical (unpaired) electrons. The average molecular weight is 563 g/mol. The van der Waals surface area contributed by atoms with Crippen LogP contribution in [0.15, 0.2) is 30.5 Å². The first-order valence-electron chi connectivity index (χ1n) is 14.3. The minimum atomic E-state index is -0.495. The van der Waals surface area contributed by atoms with Crippen molar-refractivity contribution in [2.75, 3.05) is 57.5 Å². The number of nitrogens with zero attached hydrogens (tertiary/aromatic N) is 7. The molecule has 2 aromatic rings. The summed E-state index contributed by atoms with van der Waals surface area (Å²) in [5.74, 6) is 1.45. The van der Waals surface area contributed by atoms with Crippen molar-refractivity contribution in [1.82, 2.24) is 24.7 Å². The SMILES string of the molecule is CN(C)C(=O)N(C)C1CCCN(c2cnc(C#N)c(Nc3ccc(C4CCN(C(=O)OC(C)(C)C)CC4)cc3)n2)C1. The van der Waals surface area contributed by atoms with Crippen molar-refractivity contribution >= 4 is 29.4 Å². The van der Waals surface area contributed by atoms with Crippen LogP contribution in [0.2, 0.25) is 0 Å². The van der Waals surface area contributed by atoms with Gasteiger partial charge in [0.2, 0.25) is 0 Å². The van der Waals surface area contributed by atoms with Crippen molar-refractivity contribution in [3.63, 3.8) is 0 Å². The Bertz CT molecular complexity index is 1260. The molecule has 3 amide bonds. The summed E-state index contributed by atoms with van der Waals surface area (Å²) in [6, 6.07) is 10.3. The molecule has 0 bridgehead atoms. The molecule has 2 saturated heterocycles. The number of nitriles is 1. The molecule has 11 heteroatoms. The lowest BCUT2D eigenvalue weighted by Gasteiger charge is -2.38. The van der Waals surface area contributed by atoms with Crippen LogP contribution in [0.5, 0.6) is 0 Å². The number of anilines is 3. The Labute approximate surface area is 243 Å². The molecule has 2 aliphatic rings. The van der Waals surface area contributed by atoms with Gasteiger partial charge in [-0.05, 0) is 70.1 Å². The zero-order valence-electron chi connectivity index (χ0n) is 25.1. The van der Waals surface area contributed by atoms with E-state index in [1.165, 1.54) is 5.56 Å². The summed E-state index contributed by atoms with van der Waals surface area (Å²) in [5.41, 5.74) is 1.76. The summed E-state index contributed by atoms with van der Waals surface area (Å²) in [5, 5.41) is 13.0. The number of rotatable bonds is 5. The molecular formula is C30H42N8O3. The Morgan fingerprint density at radius 1 is 1.07 bits per heavy atom. The molecule has 1 N–H and O–H groups in total. The number of hydrogen-bond donors (Lipinski definition) is 1. The molecule has 1 aromatic heterocycles. The number of amides is 3. The van der Waals surface area contributed by atoms with Crippen molar-refractivity contribution in [2.24, 2.45) is 0 Å². The van der Waals surface area contributed by atoms with Crippen LogP contribution in [0.4, 0.5) is 26.9 Å². The molecule has 11 nitrogen and oxygen atoms in total. The van der Waals surface area contributed by atoms with Gasteiger partial charge in [0.1, 0.15) is 17.5 Å². The van der Waals surface area contributed by atoms with Crippen LogP contribution in [0, 0.1) is 11.3 Å². The molecule has 2 fully saturated rings. The predicted molar refractivity (Wildman–Crippen MR) is 158 cm³/mol. The Hall–Kier alpha value is -4.07. The second-order valence-electron chi connectivity index (χ2n) is 12.1. The van der Waals surface area contributed by atoms with Crippen LogP contribution >= 0.6 is 0 Å². The van der Waals surface area contributed by atoms with Gasteiger partial charge in [0.05, 0.1) is 12.2 Å². The van der Waals surface area contributed by atoms with Crippen LogP contribution in [0.3, 0.4) is 0 Å². The highest BCUT2D eigenvalue weighted by Crippen LogP contribution is 2.31. The molecule has 1 aromatic carbocycles. The Morgan fingerprint density at radius 3 is 2.37 bits per heavy atom. The number of aromatic nitrogens is 2. The summed E-state index contributed by atoms with van der Waals surface area (Å²) in [4.78, 5) is 41.3. The summed E-state index contributed by atoms with van der Waals surface area (Å²) in [7, 11) is 5.35. The fourth-order valence-electron chi connectivity index (χ4n) is 5.35. The number of likely N-dealkylation sites (N-methyl/N-ethyl adjacent to an activating group) is 1. The van der Waals surface area contributed by atoms with Crippen molar-refractivity contribution in [3.8, 4) is 6.07 Å². The first-order chi connectivity index (χ1) is 19.4. The second kappa shape index (κ2) is 12.6. The van der Waals surface area contributed by atoms with Crippen molar-refractivity contribution < 1.29 is 14.3 Å². The van der Waals surface area contributed by atoms with Gasteiger partial charge in [-0.3, -0.25) is 0 Å². The highest BCUT2D eigenvalue weighted by molar-refractivity contribution is 5.74. The van der Waals surface area contributed by atoms with E-state index in [2.05, 4.69) is 33.4 Å². The van der Waals surface area contributed by atoms with E-state index in [1.807, 2.05) is 40.0 Å². The normalized spacial score (nSPS) is 17.9. The minimum absolute atomic E-state index is 0.0258. The zero-order chi connectivity index (χ0) is 29.7. The average Bonchev–Trinajstić information content (AvgIpc) is 2.96. The molecule has 0 aliphatic carbocycles. The van der Waals surface area contributed by atoms with Gasteiger partial charge in [-0.2, -0.15) is 5.26 Å². The Balaban J connectivity index is 1.40. The lowest BCUT2D eigenvalue weighted by Crippen LogP contribution is -2.51. The van der Waals surface area contributed by atoms with Gasteiger partial charge in [0.15, 0.2) is 11.5 Å². The molecule has 2 aliphatic heterocycles. The minimum Gasteiger partial charge on any atom is -0.444 e. The molecule has 3 heterocycles. The Kier molecular flexibility index (Phi) is 9.21. The summed E-state index contributed by atoms with van der Waals surface area (Å²) < 4.78 is 5.51. The van der Waals surface area contributed by atoms with Crippen molar-refractivity contribution in [3.05, 3.63) is 41.7 Å². The van der Waals surface area contributed by atoms with E-state index in [0.29, 0.717) is 37.2 Å². The van der Waals surface area contributed by atoms with Gasteiger partial charge >= 0.3 is 12.1 Å². The van der Waals surface area contributed by atoms with E-state index in [4.69, 9.17) is 9.72 Å². The fourth-order valence-corrected chi connectivity index (χ4v) is 5.35. The highest BCUT2D eigenvalue weighted by atomic mass is 16.6. The number of ether oxygens (including phenoxy) is 1. The number of benzene rings is 1. The van der Waals surface area contributed by atoms with E-state index < -0.39 is 5.60 Å². The zero-order valence-corrected chi connectivity index (χ0v) is 25.1. The monoisotopic (exact) mass is 562 g/mol. The van der Waals surface area contributed by atoms with E-state index >= 15 is 0 Å². The molecule has 0 spiro atoms. The second-order valence-corrected chi connectivity index (χ2v) is 12.1. The lowest BCUT2D eigenvalue weighted by molar-refractivity contribution is 0.0205. The Morgan fingerprint density at radius 2 is 1.76 bits per heavy atom. The van der Waals surface area contributed by atoms with Crippen LogP contribution in [0.25, 0.3) is 0 Å². The van der Waals surface area contributed by atoms with Gasteiger partial charge in [-0.1, -0.05) is 12.1 Å². The first kappa shape index (κ1) is 29.9. The molecular weight excluding hydrogens is 520 g/mol. The van der Waals surface area contributed by atoms with E-state index in [1.54, 1.807) is 35.0 Å². The largest absolute Gasteiger partial charge is 0.444 e. The van der Waals surface area contributed by atoms with Crippen molar-refractivity contribution in [1.29, 1.82) is 5.26 Å². The number of hydrogen-bond acceptors (Lipinski definition) is 8. The standard InChI is InChI=1S/C30H42N8O3/c1-30(2,3)41-29(40)37-16-13-22(14-17-37)21-9-11-23(12-10-21)33-27-25(18-31)32-19-26(34-27)38-15-7-8-24(20-38)36(6)28(39)35(4)5/h9-12,19,22,24H,7-8,13-17,20H2,1-6H3,(H,33,34). The molecule has 0 saturated carbocycles. The molecule has 41 heavy (non-hydrogen) atoms. The maximum Gasteiger partial charge on any atom is 0.410 e. The fraction of sp³-hybridized carbons (Fsp3) is 0.567. The van der Waals surface area contributed by atoms with Gasteiger partial charge < -0.3 is 29.7 Å². The number of nitrogens with one attached hydrogen (secondary N) is 1. The quantitative estimate of drug-likeness (QED) is 0.553. The molecule has 4 rings (SSSR count). The maximum absolute atomic E-state index is 12.5. The molecule has 1 unspecified atom stereocenters. The summed E-state index contributed by atoms with van der Waals surface area (Å²) in [6.07, 6.45) is 4.99. The number of carbonyl (C=O) groups is 2. The summed E-state index contributed by atoms with van der Waals surface area (Å²) in [6.45, 7) is 8.45. The van der Waals surface area contributed by atoms with Gasteiger partial charge in [0.25, 0.3) is 0 Å². The number of urea groups is 1. The smallest absolute Gasteiger partial charge is 0.410 e. The number of carbonyl (C=O) groups excluding carboxylic acids is 2. The van der Waals surface area contributed by atoms with Gasteiger partial charge in [-0.25, -0.2) is 19.6 Å². The van der Waals surface area contributed by atoms with Crippen LogP contribution in [0.1, 0.15) is 63.6 Å². The maximum atomic E-state index is 12.5. The van der Waals surface area contributed by atoms with Crippen LogP contribution in [-0.2, 0) is 4.74 Å². The first-order valence-corrected chi connectivity index (χ1v) is 14.3. The van der Waals surface area contributed by atoms with Gasteiger partial charge in [0, 0.05) is 53.0 Å². The van der Waals surface area contributed by atoms with E-state index in [0.717, 1.165) is 37.9 Å². The van der Waals surface area contributed by atoms with E-state index in [-0.39, 0.29) is 23.9 Å². The van der Waals surface area contributed by atoms with Crippen LogP contribution < -0.4 is 10.2 Å². The third-order valence-electron chi connectivity index (χ3n) is 7.61. The highest BCUT2D eigenvalue weighted by Gasteiger charge is 2.29. The van der Waals surface area contributed by atoms with Crippen LogP contribution in [-0.4, -0.2) is 95.8 Å². The topological polar surface area (TPSA) is 118 Å². The third-order valence-corrected chi connectivity index (χ3v) is 7.61. The van der Waals surface area contributed by atoms with E-state index in [9.17, 15) is 14.9 Å².